The lowest BCUT2D eigenvalue weighted by Gasteiger charge is -2.37. The van der Waals surface area contributed by atoms with E-state index in [1.165, 1.54) is 0 Å². The minimum absolute atomic E-state index is 0.0489. The number of anilines is 1. The Morgan fingerprint density at radius 2 is 2.15 bits per heavy atom. The molecule has 2 unspecified atom stereocenters. The van der Waals surface area contributed by atoms with Gasteiger partial charge in [-0.25, -0.2) is 0 Å². The Hall–Kier alpha value is -1.62. The second kappa shape index (κ2) is 4.45. The molecule has 2 atom stereocenters. The van der Waals surface area contributed by atoms with Gasteiger partial charge in [0.2, 0.25) is 0 Å². The lowest BCUT2D eigenvalue weighted by Crippen LogP contribution is -2.44. The van der Waals surface area contributed by atoms with Gasteiger partial charge in [0.1, 0.15) is 5.69 Å². The Morgan fingerprint density at radius 1 is 1.40 bits per heavy atom. The fourth-order valence-electron chi connectivity index (χ4n) is 3.83. The van der Waals surface area contributed by atoms with Crippen LogP contribution in [0, 0.1) is 28.9 Å². The maximum absolute atomic E-state index is 11.3. The molecule has 0 radical (unpaired) electrons. The lowest BCUT2D eigenvalue weighted by atomic mass is 9.84. The van der Waals surface area contributed by atoms with Crippen LogP contribution in [-0.2, 0) is 0 Å². The molecule has 2 saturated heterocycles. The van der Waals surface area contributed by atoms with Gasteiger partial charge in [0.25, 0.3) is 5.69 Å². The summed E-state index contributed by atoms with van der Waals surface area (Å²) < 4.78 is 0. The third-order valence-corrected chi connectivity index (χ3v) is 4.98. The summed E-state index contributed by atoms with van der Waals surface area (Å²) in [5.41, 5.74) is 2.01. The molecular weight excluding hydrogens is 254 g/mol. The topological polar surface area (TPSA) is 58.4 Å². The number of fused-ring (bicyclic) bond motifs is 1. The van der Waals surface area contributed by atoms with Crippen LogP contribution in [0.3, 0.4) is 0 Å². The predicted molar refractivity (Wildman–Crippen MR) is 79.1 cm³/mol. The standard InChI is InChI=1S/C15H21N3O2/c1-10-4-5-13(18(19)20)14(6-10)17-9-11-7-16-8-12(11)15(17,2)3/h4-6,11-12,16H,7-9H2,1-3H3. The summed E-state index contributed by atoms with van der Waals surface area (Å²) in [4.78, 5) is 13.3. The molecule has 20 heavy (non-hydrogen) atoms. The molecule has 108 valence electrons. The minimum atomic E-state index is -0.267. The molecular formula is C15H21N3O2. The number of rotatable bonds is 2. The van der Waals surface area contributed by atoms with Crippen LogP contribution in [0.15, 0.2) is 18.2 Å². The highest BCUT2D eigenvalue weighted by Gasteiger charge is 2.50. The molecule has 0 saturated carbocycles. The van der Waals surface area contributed by atoms with Crippen molar-refractivity contribution in [2.75, 3.05) is 24.5 Å². The Labute approximate surface area is 119 Å². The lowest BCUT2D eigenvalue weighted by molar-refractivity contribution is -0.384. The van der Waals surface area contributed by atoms with Crippen molar-refractivity contribution in [1.29, 1.82) is 0 Å². The summed E-state index contributed by atoms with van der Waals surface area (Å²) >= 11 is 0. The Balaban J connectivity index is 2.05. The second-order valence-corrected chi connectivity index (χ2v) is 6.54. The minimum Gasteiger partial charge on any atom is -0.360 e. The van der Waals surface area contributed by atoms with Crippen LogP contribution in [0.5, 0.6) is 0 Å². The van der Waals surface area contributed by atoms with E-state index in [1.54, 1.807) is 6.07 Å². The predicted octanol–water partition coefficient (Wildman–Crippen LogP) is 2.34. The molecule has 2 heterocycles. The van der Waals surface area contributed by atoms with Crippen molar-refractivity contribution >= 4 is 11.4 Å². The Morgan fingerprint density at radius 3 is 2.80 bits per heavy atom. The van der Waals surface area contributed by atoms with Crippen molar-refractivity contribution < 1.29 is 4.92 Å². The summed E-state index contributed by atoms with van der Waals surface area (Å²) in [7, 11) is 0. The second-order valence-electron chi connectivity index (χ2n) is 6.54. The molecule has 2 fully saturated rings. The zero-order valence-electron chi connectivity index (χ0n) is 12.2. The average Bonchev–Trinajstić information content (AvgIpc) is 2.91. The van der Waals surface area contributed by atoms with Crippen LogP contribution >= 0.6 is 0 Å². The van der Waals surface area contributed by atoms with Crippen molar-refractivity contribution in [3.05, 3.63) is 33.9 Å². The monoisotopic (exact) mass is 275 g/mol. The van der Waals surface area contributed by atoms with Crippen molar-refractivity contribution in [2.45, 2.75) is 26.3 Å². The first-order valence-corrected chi connectivity index (χ1v) is 7.14. The number of hydrogen-bond donors (Lipinski definition) is 1. The van der Waals surface area contributed by atoms with Crippen LogP contribution in [0.25, 0.3) is 0 Å². The number of nitro groups is 1. The highest BCUT2D eigenvalue weighted by atomic mass is 16.6. The third-order valence-electron chi connectivity index (χ3n) is 4.98. The van der Waals surface area contributed by atoms with Crippen molar-refractivity contribution in [2.24, 2.45) is 11.8 Å². The first-order valence-electron chi connectivity index (χ1n) is 7.14. The molecule has 5 heteroatoms. The van der Waals surface area contributed by atoms with Crippen LogP contribution in [0.4, 0.5) is 11.4 Å². The molecule has 1 aromatic carbocycles. The van der Waals surface area contributed by atoms with E-state index in [0.717, 1.165) is 30.9 Å². The molecule has 0 aliphatic carbocycles. The van der Waals surface area contributed by atoms with Crippen molar-refractivity contribution in [3.63, 3.8) is 0 Å². The fraction of sp³-hybridized carbons (Fsp3) is 0.600. The highest BCUT2D eigenvalue weighted by molar-refractivity contribution is 5.66. The summed E-state index contributed by atoms with van der Waals surface area (Å²) in [6, 6.07) is 5.40. The van der Waals surface area contributed by atoms with Gasteiger partial charge in [0, 0.05) is 31.2 Å². The Bertz CT molecular complexity index is 556. The first-order chi connectivity index (χ1) is 9.41. The summed E-state index contributed by atoms with van der Waals surface area (Å²) in [6.07, 6.45) is 0. The quantitative estimate of drug-likeness (QED) is 0.665. The molecule has 2 aliphatic rings. The SMILES string of the molecule is Cc1ccc([N+](=O)[O-])c(N2CC3CNCC3C2(C)C)c1. The molecule has 0 aromatic heterocycles. The smallest absolute Gasteiger partial charge is 0.292 e. The van der Waals surface area contributed by atoms with Crippen LogP contribution in [0.2, 0.25) is 0 Å². The third kappa shape index (κ3) is 1.88. The zero-order valence-corrected chi connectivity index (χ0v) is 12.2. The molecule has 0 amide bonds. The number of nitrogens with zero attached hydrogens (tertiary/aromatic N) is 2. The van der Waals surface area contributed by atoms with Gasteiger partial charge in [-0.15, -0.1) is 0 Å². The van der Waals surface area contributed by atoms with Crippen LogP contribution < -0.4 is 10.2 Å². The van der Waals surface area contributed by atoms with Gasteiger partial charge < -0.3 is 10.2 Å². The fourth-order valence-corrected chi connectivity index (χ4v) is 3.83. The molecule has 1 aromatic rings. The van der Waals surface area contributed by atoms with E-state index < -0.39 is 0 Å². The molecule has 0 bridgehead atoms. The van der Waals surface area contributed by atoms with Gasteiger partial charge in [-0.05, 0) is 44.2 Å². The van der Waals surface area contributed by atoms with Gasteiger partial charge in [-0.2, -0.15) is 0 Å². The first kappa shape index (κ1) is 13.4. The van der Waals surface area contributed by atoms with E-state index in [9.17, 15) is 10.1 Å². The molecule has 1 N–H and O–H groups in total. The van der Waals surface area contributed by atoms with E-state index in [2.05, 4.69) is 24.1 Å². The van der Waals surface area contributed by atoms with Gasteiger partial charge in [-0.1, -0.05) is 6.07 Å². The maximum Gasteiger partial charge on any atom is 0.292 e. The molecule has 3 rings (SSSR count). The van der Waals surface area contributed by atoms with Gasteiger partial charge >= 0.3 is 0 Å². The zero-order chi connectivity index (χ0) is 14.5. The average molecular weight is 275 g/mol. The van der Waals surface area contributed by atoms with E-state index in [4.69, 9.17) is 0 Å². The van der Waals surface area contributed by atoms with Crippen LogP contribution in [-0.4, -0.2) is 30.1 Å². The molecule has 5 nitrogen and oxygen atoms in total. The number of hydrogen-bond acceptors (Lipinski definition) is 4. The summed E-state index contributed by atoms with van der Waals surface area (Å²) in [5, 5.41) is 14.8. The van der Waals surface area contributed by atoms with E-state index in [0.29, 0.717) is 11.8 Å². The highest BCUT2D eigenvalue weighted by Crippen LogP contribution is 2.45. The van der Waals surface area contributed by atoms with Crippen LogP contribution in [0.1, 0.15) is 19.4 Å². The number of nitrogens with one attached hydrogen (secondary N) is 1. The largest absolute Gasteiger partial charge is 0.360 e. The van der Waals surface area contributed by atoms with E-state index in [1.807, 2.05) is 19.1 Å². The van der Waals surface area contributed by atoms with Gasteiger partial charge in [0.15, 0.2) is 0 Å². The van der Waals surface area contributed by atoms with E-state index >= 15 is 0 Å². The molecule has 0 spiro atoms. The van der Waals surface area contributed by atoms with Gasteiger partial charge in [0.05, 0.1) is 4.92 Å². The van der Waals surface area contributed by atoms with Crippen molar-refractivity contribution in [3.8, 4) is 0 Å². The van der Waals surface area contributed by atoms with Crippen molar-refractivity contribution in [1.82, 2.24) is 5.32 Å². The number of benzene rings is 1. The molecule has 2 aliphatic heterocycles. The Kier molecular flexibility index (Phi) is 2.97. The summed E-state index contributed by atoms with van der Waals surface area (Å²) in [6.45, 7) is 9.32. The summed E-state index contributed by atoms with van der Waals surface area (Å²) in [5.74, 6) is 1.15. The number of aryl methyl sites for hydroxylation is 1. The number of nitro benzene ring substituents is 1. The normalized spacial score (nSPS) is 27.6. The van der Waals surface area contributed by atoms with E-state index in [-0.39, 0.29) is 16.1 Å². The van der Waals surface area contributed by atoms with Gasteiger partial charge in [-0.3, -0.25) is 10.1 Å². The maximum atomic E-state index is 11.3.